The van der Waals surface area contributed by atoms with E-state index < -0.39 is 12.2 Å². The number of rotatable bonds is 3. The highest BCUT2D eigenvalue weighted by molar-refractivity contribution is 7.12. The second-order valence-corrected chi connectivity index (χ2v) is 5.04. The van der Waals surface area contributed by atoms with Crippen molar-refractivity contribution in [1.82, 2.24) is 0 Å². The Hall–Kier alpha value is -0.380. The van der Waals surface area contributed by atoms with Crippen molar-refractivity contribution in [2.24, 2.45) is 5.92 Å². The Morgan fingerprint density at radius 2 is 2.08 bits per heavy atom. The van der Waals surface area contributed by atoms with Crippen LogP contribution in [0.25, 0.3) is 0 Å². The van der Waals surface area contributed by atoms with Gasteiger partial charge in [-0.05, 0) is 37.8 Å². The lowest BCUT2D eigenvalue weighted by Gasteiger charge is -2.15. The minimum absolute atomic E-state index is 0.331. The highest BCUT2D eigenvalue weighted by atomic mass is 32.1. The average Bonchev–Trinajstić information content (AvgIpc) is 2.87. The van der Waals surface area contributed by atoms with Gasteiger partial charge in [-0.25, -0.2) is 0 Å². The Morgan fingerprint density at radius 1 is 1.38 bits per heavy atom. The third-order valence-electron chi connectivity index (χ3n) is 2.48. The molecule has 1 fully saturated rings. The van der Waals surface area contributed by atoms with Gasteiger partial charge in [0.2, 0.25) is 0 Å². The molecule has 0 radical (unpaired) electrons. The maximum atomic E-state index is 9.77. The Labute approximate surface area is 81.8 Å². The summed E-state index contributed by atoms with van der Waals surface area (Å²) in [7, 11) is 0. The molecule has 0 amide bonds. The molecule has 0 aromatic carbocycles. The first-order valence-corrected chi connectivity index (χ1v) is 5.42. The summed E-state index contributed by atoms with van der Waals surface area (Å²) in [4.78, 5) is 2.06. The van der Waals surface area contributed by atoms with Gasteiger partial charge >= 0.3 is 0 Å². The summed E-state index contributed by atoms with van der Waals surface area (Å²) in [5.74, 6) is 0.331. The van der Waals surface area contributed by atoms with E-state index in [1.165, 1.54) is 4.88 Å². The molecular formula is C10H14O2S. The number of aryl methyl sites for hydroxylation is 1. The SMILES string of the molecule is Cc1ccc(C(O)C(O)C2CC2)s1. The first kappa shape index (κ1) is 9.19. The fraction of sp³-hybridized carbons (Fsp3) is 0.600. The molecule has 0 bridgehead atoms. The van der Waals surface area contributed by atoms with Gasteiger partial charge in [-0.3, -0.25) is 0 Å². The van der Waals surface area contributed by atoms with Gasteiger partial charge in [-0.1, -0.05) is 0 Å². The average molecular weight is 198 g/mol. The van der Waals surface area contributed by atoms with E-state index in [4.69, 9.17) is 0 Å². The van der Waals surface area contributed by atoms with Gasteiger partial charge < -0.3 is 10.2 Å². The van der Waals surface area contributed by atoms with E-state index in [9.17, 15) is 10.2 Å². The Kier molecular flexibility index (Phi) is 2.41. The number of thiophene rings is 1. The standard InChI is InChI=1S/C10H14O2S/c1-6-2-5-8(13-6)10(12)9(11)7-3-4-7/h2,5,7,9-12H,3-4H2,1H3. The van der Waals surface area contributed by atoms with Crippen LogP contribution in [0.4, 0.5) is 0 Å². The van der Waals surface area contributed by atoms with Crippen molar-refractivity contribution in [3.63, 3.8) is 0 Å². The van der Waals surface area contributed by atoms with Crippen molar-refractivity contribution < 1.29 is 10.2 Å². The second kappa shape index (κ2) is 3.40. The maximum absolute atomic E-state index is 9.77. The van der Waals surface area contributed by atoms with Crippen molar-refractivity contribution in [1.29, 1.82) is 0 Å². The predicted octanol–water partition coefficient (Wildman–Crippen LogP) is 1.86. The fourth-order valence-corrected chi connectivity index (χ4v) is 2.38. The monoisotopic (exact) mass is 198 g/mol. The molecule has 1 aromatic rings. The first-order valence-electron chi connectivity index (χ1n) is 4.61. The maximum Gasteiger partial charge on any atom is 0.114 e. The molecule has 2 nitrogen and oxygen atoms in total. The molecule has 2 unspecified atom stereocenters. The molecule has 0 aliphatic heterocycles. The summed E-state index contributed by atoms with van der Waals surface area (Å²) in [6.45, 7) is 2.00. The summed E-state index contributed by atoms with van der Waals surface area (Å²) in [6.07, 6.45) is 0.884. The summed E-state index contributed by atoms with van der Waals surface area (Å²) in [6, 6.07) is 3.87. The summed E-state index contributed by atoms with van der Waals surface area (Å²) >= 11 is 1.56. The van der Waals surface area contributed by atoms with Gasteiger partial charge in [-0.2, -0.15) is 0 Å². The molecule has 0 spiro atoms. The van der Waals surface area contributed by atoms with Gasteiger partial charge in [-0.15, -0.1) is 11.3 Å². The van der Waals surface area contributed by atoms with E-state index in [2.05, 4.69) is 0 Å². The normalized spacial score (nSPS) is 21.5. The van der Waals surface area contributed by atoms with Crippen molar-refractivity contribution in [3.8, 4) is 0 Å². The van der Waals surface area contributed by atoms with E-state index in [-0.39, 0.29) is 0 Å². The van der Waals surface area contributed by atoms with Crippen LogP contribution in [-0.4, -0.2) is 16.3 Å². The van der Waals surface area contributed by atoms with Gasteiger partial charge in [0.15, 0.2) is 0 Å². The molecule has 1 heterocycles. The zero-order chi connectivity index (χ0) is 9.42. The minimum atomic E-state index is -0.675. The molecule has 72 valence electrons. The van der Waals surface area contributed by atoms with Gasteiger partial charge in [0.25, 0.3) is 0 Å². The quantitative estimate of drug-likeness (QED) is 0.778. The van der Waals surface area contributed by atoms with Crippen molar-refractivity contribution >= 4 is 11.3 Å². The number of aliphatic hydroxyl groups excluding tert-OH is 2. The second-order valence-electron chi connectivity index (χ2n) is 3.72. The van der Waals surface area contributed by atoms with Gasteiger partial charge in [0, 0.05) is 9.75 Å². The van der Waals surface area contributed by atoms with Crippen LogP contribution in [0.3, 0.4) is 0 Å². The third kappa shape index (κ3) is 1.93. The van der Waals surface area contributed by atoms with Crippen molar-refractivity contribution in [2.45, 2.75) is 32.0 Å². The molecule has 3 heteroatoms. The van der Waals surface area contributed by atoms with Crippen molar-refractivity contribution in [2.75, 3.05) is 0 Å². The molecule has 2 N–H and O–H groups in total. The molecule has 2 rings (SSSR count). The number of aliphatic hydroxyl groups is 2. The van der Waals surface area contributed by atoms with Crippen LogP contribution < -0.4 is 0 Å². The van der Waals surface area contributed by atoms with E-state index in [1.54, 1.807) is 11.3 Å². The van der Waals surface area contributed by atoms with E-state index in [1.807, 2.05) is 19.1 Å². The van der Waals surface area contributed by atoms with Crippen LogP contribution in [0.1, 0.15) is 28.7 Å². The summed E-state index contributed by atoms with van der Waals surface area (Å²) < 4.78 is 0. The smallest absolute Gasteiger partial charge is 0.114 e. The third-order valence-corrected chi connectivity index (χ3v) is 3.55. The van der Waals surface area contributed by atoms with Crippen molar-refractivity contribution in [3.05, 3.63) is 21.9 Å². The molecule has 13 heavy (non-hydrogen) atoms. The van der Waals surface area contributed by atoms with Crippen LogP contribution in [0.2, 0.25) is 0 Å². The van der Waals surface area contributed by atoms with E-state index in [0.717, 1.165) is 17.7 Å². The first-order chi connectivity index (χ1) is 6.18. The number of hydrogen-bond acceptors (Lipinski definition) is 3. The topological polar surface area (TPSA) is 40.5 Å². The molecule has 1 saturated carbocycles. The largest absolute Gasteiger partial charge is 0.390 e. The summed E-state index contributed by atoms with van der Waals surface area (Å²) in [5, 5.41) is 19.5. The van der Waals surface area contributed by atoms with Crippen LogP contribution in [0.15, 0.2) is 12.1 Å². The minimum Gasteiger partial charge on any atom is -0.390 e. The lowest BCUT2D eigenvalue weighted by molar-refractivity contribution is 0.00692. The molecule has 0 saturated heterocycles. The van der Waals surface area contributed by atoms with Gasteiger partial charge in [0.05, 0.1) is 6.10 Å². The number of hydrogen-bond donors (Lipinski definition) is 2. The predicted molar refractivity (Wildman–Crippen MR) is 52.7 cm³/mol. The fourth-order valence-electron chi connectivity index (χ4n) is 1.48. The van der Waals surface area contributed by atoms with Gasteiger partial charge in [0.1, 0.15) is 6.10 Å². The van der Waals surface area contributed by atoms with Crippen LogP contribution in [0, 0.1) is 12.8 Å². The molecule has 1 aliphatic rings. The lowest BCUT2D eigenvalue weighted by Crippen LogP contribution is -2.19. The lowest BCUT2D eigenvalue weighted by atomic mass is 10.1. The Morgan fingerprint density at radius 3 is 2.54 bits per heavy atom. The highest BCUT2D eigenvalue weighted by Crippen LogP contribution is 2.39. The molecule has 2 atom stereocenters. The molecule has 1 aliphatic carbocycles. The molecular weight excluding hydrogens is 184 g/mol. The zero-order valence-electron chi connectivity index (χ0n) is 7.60. The van der Waals surface area contributed by atoms with E-state index >= 15 is 0 Å². The van der Waals surface area contributed by atoms with Crippen LogP contribution in [-0.2, 0) is 0 Å². The van der Waals surface area contributed by atoms with Crippen LogP contribution >= 0.6 is 11.3 Å². The Balaban J connectivity index is 2.06. The van der Waals surface area contributed by atoms with Crippen LogP contribution in [0.5, 0.6) is 0 Å². The summed E-state index contributed by atoms with van der Waals surface area (Å²) in [5.41, 5.74) is 0. The highest BCUT2D eigenvalue weighted by Gasteiger charge is 2.35. The zero-order valence-corrected chi connectivity index (χ0v) is 8.42. The van der Waals surface area contributed by atoms with E-state index in [0.29, 0.717) is 5.92 Å². The molecule has 1 aromatic heterocycles. The Bertz CT molecular complexity index is 291.